The van der Waals surface area contributed by atoms with E-state index in [0.717, 1.165) is 94.0 Å². The summed E-state index contributed by atoms with van der Waals surface area (Å²) in [5.41, 5.74) is 1.49. The summed E-state index contributed by atoms with van der Waals surface area (Å²) in [6.45, 7) is 9.75. The Balaban J connectivity index is 1.20. The number of anilines is 2. The number of aromatic nitrogens is 2. The summed E-state index contributed by atoms with van der Waals surface area (Å²) >= 11 is 0. The highest BCUT2D eigenvalue weighted by Crippen LogP contribution is 2.34. The highest BCUT2D eigenvalue weighted by atomic mass is 19.4. The lowest BCUT2D eigenvalue weighted by atomic mass is 9.95. The Morgan fingerprint density at radius 1 is 0.889 bits per heavy atom. The van der Waals surface area contributed by atoms with E-state index >= 15 is 0 Å². The van der Waals surface area contributed by atoms with Gasteiger partial charge in [-0.25, -0.2) is 4.68 Å². The maximum absolute atomic E-state index is 14.3. The lowest BCUT2D eigenvalue weighted by molar-refractivity contribution is -0.141. The molecule has 3 heterocycles. The quantitative estimate of drug-likeness (QED) is 0.130. The molecule has 0 saturated carbocycles. The third kappa shape index (κ3) is 9.83. The van der Waals surface area contributed by atoms with Crippen LogP contribution >= 0.6 is 0 Å². The molecule has 286 valence electrons. The summed E-state index contributed by atoms with van der Waals surface area (Å²) in [4.78, 5) is 45.5. The number of alkyl halides is 3. The number of rotatable bonds is 14. The van der Waals surface area contributed by atoms with E-state index in [1.165, 1.54) is 6.20 Å². The van der Waals surface area contributed by atoms with Crippen LogP contribution in [0.2, 0.25) is 0 Å². The topological polar surface area (TPSA) is 96.8 Å². The number of piperidine rings is 1. The van der Waals surface area contributed by atoms with Gasteiger partial charge >= 0.3 is 6.18 Å². The molecule has 2 aliphatic rings. The minimum atomic E-state index is -4.79. The Kier molecular flexibility index (Phi) is 12.6. The van der Waals surface area contributed by atoms with E-state index in [9.17, 15) is 27.6 Å². The van der Waals surface area contributed by atoms with Crippen LogP contribution in [-0.4, -0.2) is 78.1 Å². The van der Waals surface area contributed by atoms with Crippen LogP contribution in [0.3, 0.4) is 0 Å². The number of hydrogen-bond acceptors (Lipinski definition) is 7. The molecule has 0 spiro atoms. The number of morpholine rings is 1. The molecule has 0 aliphatic carbocycles. The lowest BCUT2D eigenvalue weighted by Crippen LogP contribution is -2.36. The van der Waals surface area contributed by atoms with Gasteiger partial charge in [0.1, 0.15) is 0 Å². The minimum absolute atomic E-state index is 0.0583. The summed E-state index contributed by atoms with van der Waals surface area (Å²) in [5, 5.41) is 6.69. The van der Waals surface area contributed by atoms with Crippen LogP contribution in [0.15, 0.2) is 72.9 Å². The number of halogens is 3. The molecule has 2 fully saturated rings. The monoisotopic (exact) mass is 743 g/mol. The maximum atomic E-state index is 14.3. The van der Waals surface area contributed by atoms with Crippen LogP contribution in [0.5, 0.6) is 0 Å². The van der Waals surface area contributed by atoms with Crippen LogP contribution in [0, 0.1) is 12.8 Å². The molecule has 1 aromatic heterocycles. The highest BCUT2D eigenvalue weighted by molar-refractivity contribution is 6.11. The zero-order valence-corrected chi connectivity index (χ0v) is 31.0. The molecule has 1 amide bonds. The van der Waals surface area contributed by atoms with Crippen LogP contribution < -0.4 is 10.2 Å². The van der Waals surface area contributed by atoms with Crippen LogP contribution in [-0.2, 0) is 17.3 Å². The summed E-state index contributed by atoms with van der Waals surface area (Å²) in [6, 6.07) is 18.5. The van der Waals surface area contributed by atoms with Crippen molar-refractivity contribution in [2.24, 2.45) is 5.92 Å². The van der Waals surface area contributed by atoms with Crippen molar-refractivity contribution in [3.8, 4) is 5.69 Å². The van der Waals surface area contributed by atoms with Gasteiger partial charge in [0, 0.05) is 73.2 Å². The van der Waals surface area contributed by atoms with Gasteiger partial charge in [0.25, 0.3) is 5.91 Å². The van der Waals surface area contributed by atoms with Crippen molar-refractivity contribution in [2.75, 3.05) is 56.2 Å². The third-order valence-corrected chi connectivity index (χ3v) is 10.3. The molecule has 1 N–H and O–H groups in total. The van der Waals surface area contributed by atoms with E-state index in [1.54, 1.807) is 67.6 Å². The standard InChI is InChI=1S/C42H48F3N5O4/c1-29(10-9-17-48-20-22-54-23-21-48)24-38(51)31-12-8-13-32(25-31)41(53)46-36-16-15-34(49-18-6-3-7-19-49)27-35(36)39(52)26-33-28-50(47-40(33)42(43,44)45)37-14-5-4-11-30(37)2/h4-5,8,11-16,25,27-29H,3,6-7,9-10,17-24,26H2,1-2H3,(H,46,53)/t29-/m1/s1. The number of nitrogens with one attached hydrogen (secondary N) is 1. The van der Waals surface area contributed by atoms with E-state index in [0.29, 0.717) is 17.7 Å². The number of benzene rings is 3. The summed E-state index contributed by atoms with van der Waals surface area (Å²) in [7, 11) is 0. The molecule has 2 aliphatic heterocycles. The molecular formula is C42H48F3N5O4. The second kappa shape index (κ2) is 17.6. The molecule has 4 aromatic rings. The molecule has 2 saturated heterocycles. The SMILES string of the molecule is Cc1ccccc1-n1cc(CC(=O)c2cc(N3CCCCC3)ccc2NC(=O)c2cccc(C(=O)C[C@H](C)CCCN3CCOCC3)c2)c(C(F)(F)F)n1. The van der Waals surface area contributed by atoms with Crippen molar-refractivity contribution < 1.29 is 32.3 Å². The van der Waals surface area contributed by atoms with Crippen molar-refractivity contribution >= 4 is 28.8 Å². The number of aryl methyl sites for hydroxylation is 1. The maximum Gasteiger partial charge on any atom is 0.435 e. The van der Waals surface area contributed by atoms with Crippen molar-refractivity contribution in [3.05, 3.63) is 106 Å². The minimum Gasteiger partial charge on any atom is -0.379 e. The highest BCUT2D eigenvalue weighted by Gasteiger charge is 2.38. The predicted octanol–water partition coefficient (Wildman–Crippen LogP) is 8.19. The van der Waals surface area contributed by atoms with E-state index < -0.39 is 30.0 Å². The molecule has 54 heavy (non-hydrogen) atoms. The number of ether oxygens (including phenoxy) is 1. The van der Waals surface area contributed by atoms with Crippen molar-refractivity contribution in [3.63, 3.8) is 0 Å². The molecule has 12 heteroatoms. The molecular weight excluding hydrogens is 695 g/mol. The predicted molar refractivity (Wildman–Crippen MR) is 203 cm³/mol. The largest absolute Gasteiger partial charge is 0.435 e. The van der Waals surface area contributed by atoms with E-state index in [4.69, 9.17) is 4.74 Å². The second-order valence-electron chi connectivity index (χ2n) is 14.5. The zero-order valence-electron chi connectivity index (χ0n) is 31.0. The first-order valence-electron chi connectivity index (χ1n) is 18.8. The molecule has 3 aromatic carbocycles. The molecule has 0 unspecified atom stereocenters. The fourth-order valence-electron chi connectivity index (χ4n) is 7.26. The molecule has 9 nitrogen and oxygen atoms in total. The Morgan fingerprint density at radius 3 is 2.37 bits per heavy atom. The summed E-state index contributed by atoms with van der Waals surface area (Å²) in [6.07, 6.45) is 1.19. The van der Waals surface area contributed by atoms with Gasteiger partial charge in [-0.15, -0.1) is 0 Å². The fourth-order valence-corrected chi connectivity index (χ4v) is 7.26. The van der Waals surface area contributed by atoms with Crippen molar-refractivity contribution in [2.45, 2.75) is 65.0 Å². The van der Waals surface area contributed by atoms with Crippen LogP contribution in [0.4, 0.5) is 24.5 Å². The van der Waals surface area contributed by atoms with Gasteiger partial charge in [-0.3, -0.25) is 19.3 Å². The zero-order chi connectivity index (χ0) is 38.2. The number of ketones is 2. The average molecular weight is 744 g/mol. The number of carbonyl (C=O) groups excluding carboxylic acids is 3. The Morgan fingerprint density at radius 2 is 1.63 bits per heavy atom. The smallest absolute Gasteiger partial charge is 0.379 e. The fraction of sp³-hybridized carbons (Fsp3) is 0.429. The first kappa shape index (κ1) is 38.9. The molecule has 0 radical (unpaired) electrons. The van der Waals surface area contributed by atoms with Gasteiger partial charge in [0.2, 0.25) is 0 Å². The molecule has 6 rings (SSSR count). The number of nitrogens with zero attached hydrogens (tertiary/aromatic N) is 4. The van der Waals surface area contributed by atoms with Gasteiger partial charge < -0.3 is 15.0 Å². The first-order valence-corrected chi connectivity index (χ1v) is 18.8. The Bertz CT molecular complexity index is 1950. The third-order valence-electron chi connectivity index (χ3n) is 10.3. The average Bonchev–Trinajstić information content (AvgIpc) is 3.60. The number of amides is 1. The molecule has 1 atom stereocenters. The van der Waals surface area contributed by atoms with Gasteiger partial charge in [-0.05, 0) is 93.5 Å². The van der Waals surface area contributed by atoms with Crippen LogP contribution in [0.1, 0.15) is 93.3 Å². The summed E-state index contributed by atoms with van der Waals surface area (Å²) in [5.74, 6) is -1.02. The lowest BCUT2D eigenvalue weighted by Gasteiger charge is -2.29. The number of carbonyl (C=O) groups is 3. The first-order chi connectivity index (χ1) is 26.0. The molecule has 0 bridgehead atoms. The number of Topliss-reactive ketones (excluding diaryl/α,β-unsaturated/α-hetero) is 2. The Labute approximate surface area is 314 Å². The normalized spacial score (nSPS) is 15.9. The van der Waals surface area contributed by atoms with Crippen molar-refractivity contribution in [1.82, 2.24) is 14.7 Å². The number of para-hydroxylation sites is 1. The Hall–Kier alpha value is -4.81. The summed E-state index contributed by atoms with van der Waals surface area (Å²) < 4.78 is 49.4. The van der Waals surface area contributed by atoms with Gasteiger partial charge in [-0.2, -0.15) is 18.3 Å². The second-order valence-corrected chi connectivity index (χ2v) is 14.5. The van der Waals surface area contributed by atoms with E-state index in [1.807, 2.05) is 6.07 Å². The van der Waals surface area contributed by atoms with E-state index in [-0.39, 0.29) is 34.1 Å². The van der Waals surface area contributed by atoms with Crippen LogP contribution in [0.25, 0.3) is 5.69 Å². The van der Waals surface area contributed by atoms with Crippen molar-refractivity contribution in [1.29, 1.82) is 0 Å². The van der Waals surface area contributed by atoms with Gasteiger partial charge in [0.05, 0.1) is 24.6 Å². The van der Waals surface area contributed by atoms with Gasteiger partial charge in [0.15, 0.2) is 17.3 Å². The van der Waals surface area contributed by atoms with E-state index in [2.05, 4.69) is 27.1 Å². The van der Waals surface area contributed by atoms with Gasteiger partial charge in [-0.1, -0.05) is 37.3 Å². The number of hydrogen-bond donors (Lipinski definition) is 1.